The van der Waals surface area contributed by atoms with Crippen LogP contribution >= 0.6 is 0 Å². The van der Waals surface area contributed by atoms with Crippen molar-refractivity contribution in [1.29, 1.82) is 0 Å². The summed E-state index contributed by atoms with van der Waals surface area (Å²) in [4.78, 5) is 50.1. The monoisotopic (exact) mass is 498 g/mol. The number of hydrogen-bond acceptors (Lipinski definition) is 8. The number of rotatable bonds is 6. The van der Waals surface area contributed by atoms with Crippen LogP contribution in [-0.2, 0) is 38.1 Å². The maximum atomic E-state index is 12.6. The highest BCUT2D eigenvalue weighted by Crippen LogP contribution is 2.61. The zero-order valence-electron chi connectivity index (χ0n) is 21.2. The van der Waals surface area contributed by atoms with Crippen molar-refractivity contribution in [2.45, 2.75) is 37.5 Å². The summed E-state index contributed by atoms with van der Waals surface area (Å²) in [5.74, 6) is -2.48. The molecule has 4 bridgehead atoms. The summed E-state index contributed by atoms with van der Waals surface area (Å²) in [7, 11) is 5.47. The van der Waals surface area contributed by atoms with Gasteiger partial charge in [-0.05, 0) is 72.3 Å². The Morgan fingerprint density at radius 3 is 1.14 bits per heavy atom. The SMILES string of the molecule is COC(=O)C1C2CC(c3ccc(C4C[C@H]5C[C@@H]4[C@H](C(=O)OC)C5C(=O)OC)cc3)C(C2)C1C(=O)OC. The van der Waals surface area contributed by atoms with Gasteiger partial charge in [-0.3, -0.25) is 19.2 Å². The predicted octanol–water partition coefficient (Wildman–Crippen LogP) is 3.09. The minimum absolute atomic E-state index is 0.0458. The fourth-order valence-corrected chi connectivity index (χ4v) is 8.34. The minimum Gasteiger partial charge on any atom is -0.469 e. The Bertz CT molecular complexity index is 965. The van der Waals surface area contributed by atoms with E-state index < -0.39 is 23.7 Å². The fraction of sp³-hybridized carbons (Fsp3) is 0.643. The number of carbonyl (C=O) groups excluding carboxylic acids is 4. The molecule has 4 aliphatic carbocycles. The van der Waals surface area contributed by atoms with Crippen LogP contribution in [0.25, 0.3) is 0 Å². The van der Waals surface area contributed by atoms with Crippen molar-refractivity contribution in [2.75, 3.05) is 28.4 Å². The summed E-state index contributed by atoms with van der Waals surface area (Å²) in [6.45, 7) is 0. The molecule has 0 radical (unpaired) electrons. The summed E-state index contributed by atoms with van der Waals surface area (Å²) in [6.07, 6.45) is 3.31. The van der Waals surface area contributed by atoms with Gasteiger partial charge in [0.1, 0.15) is 0 Å². The van der Waals surface area contributed by atoms with E-state index in [2.05, 4.69) is 24.3 Å². The van der Waals surface area contributed by atoms with Crippen LogP contribution in [0.2, 0.25) is 0 Å². The smallest absolute Gasteiger partial charge is 0.309 e. The van der Waals surface area contributed by atoms with Gasteiger partial charge < -0.3 is 18.9 Å². The average molecular weight is 499 g/mol. The molecule has 7 unspecified atom stereocenters. The summed E-state index contributed by atoms with van der Waals surface area (Å²) >= 11 is 0. The first-order chi connectivity index (χ1) is 17.3. The van der Waals surface area contributed by atoms with Gasteiger partial charge in [-0.1, -0.05) is 24.3 Å². The number of methoxy groups -OCH3 is 4. The lowest BCUT2D eigenvalue weighted by molar-refractivity contribution is -0.160. The van der Waals surface area contributed by atoms with Gasteiger partial charge in [0.05, 0.1) is 52.1 Å². The minimum atomic E-state index is -0.479. The normalized spacial score (nSPS) is 38.0. The van der Waals surface area contributed by atoms with Gasteiger partial charge in [-0.2, -0.15) is 0 Å². The molecule has 0 amide bonds. The molecule has 8 nitrogen and oxygen atoms in total. The van der Waals surface area contributed by atoms with E-state index >= 15 is 0 Å². The van der Waals surface area contributed by atoms with Crippen LogP contribution in [0.1, 0.15) is 48.6 Å². The summed E-state index contributed by atoms with van der Waals surface area (Å²) in [6, 6.07) is 8.50. The summed E-state index contributed by atoms with van der Waals surface area (Å²) in [5, 5.41) is 0. The molecule has 4 saturated carbocycles. The van der Waals surface area contributed by atoms with Crippen LogP contribution in [0.4, 0.5) is 0 Å². The maximum absolute atomic E-state index is 12.6. The molecule has 0 aliphatic heterocycles. The van der Waals surface area contributed by atoms with Gasteiger partial charge in [-0.15, -0.1) is 0 Å². The summed E-state index contributed by atoms with van der Waals surface area (Å²) < 4.78 is 20.1. The molecular formula is C28H34O8. The standard InChI is InChI=1S/C28H34O8/c1-33-25(29)21-15-9-17(19(11-15)23(21)27(31)35-3)13-5-7-14(8-6-13)18-10-16-12-20(18)24(28(32)36-4)22(16)26(30)34-2/h5-8,15-24H,9-12H2,1-4H3/t15-,16?,17?,18?,19-,20?,21?,22?,23-,24?/m0/s1. The van der Waals surface area contributed by atoms with Crippen LogP contribution < -0.4 is 0 Å². The molecule has 4 fully saturated rings. The molecule has 36 heavy (non-hydrogen) atoms. The predicted molar refractivity (Wildman–Crippen MR) is 126 cm³/mol. The van der Waals surface area contributed by atoms with E-state index in [-0.39, 0.29) is 59.4 Å². The highest BCUT2D eigenvalue weighted by atomic mass is 16.5. The molecule has 4 aliphatic rings. The van der Waals surface area contributed by atoms with Gasteiger partial charge in [0.2, 0.25) is 0 Å². The molecule has 5 rings (SSSR count). The number of ether oxygens (including phenoxy) is 4. The lowest BCUT2D eigenvalue weighted by atomic mass is 9.70. The number of carbonyl (C=O) groups is 4. The van der Waals surface area contributed by atoms with Crippen LogP contribution in [0, 0.1) is 47.3 Å². The van der Waals surface area contributed by atoms with E-state index in [9.17, 15) is 19.2 Å². The van der Waals surface area contributed by atoms with Crippen molar-refractivity contribution in [2.24, 2.45) is 47.3 Å². The number of esters is 4. The number of benzene rings is 1. The van der Waals surface area contributed by atoms with Gasteiger partial charge in [0, 0.05) is 0 Å². The Kier molecular flexibility index (Phi) is 6.55. The largest absolute Gasteiger partial charge is 0.469 e. The van der Waals surface area contributed by atoms with Crippen molar-refractivity contribution < 1.29 is 38.1 Å². The second kappa shape index (κ2) is 9.52. The van der Waals surface area contributed by atoms with Crippen molar-refractivity contribution in [3.8, 4) is 0 Å². The Hall–Kier alpha value is -2.90. The molecule has 194 valence electrons. The van der Waals surface area contributed by atoms with Crippen LogP contribution in [0.3, 0.4) is 0 Å². The van der Waals surface area contributed by atoms with E-state index in [0.29, 0.717) is 0 Å². The summed E-state index contributed by atoms with van der Waals surface area (Å²) in [5.41, 5.74) is 2.31. The van der Waals surface area contributed by atoms with Gasteiger partial charge in [-0.25, -0.2) is 0 Å². The highest BCUT2D eigenvalue weighted by molar-refractivity contribution is 5.84. The number of fused-ring (bicyclic) bond motifs is 4. The van der Waals surface area contributed by atoms with Gasteiger partial charge in [0.25, 0.3) is 0 Å². The molecule has 1 aromatic carbocycles. The quantitative estimate of drug-likeness (QED) is 0.435. The maximum Gasteiger partial charge on any atom is 0.309 e. The zero-order chi connectivity index (χ0) is 25.7. The first-order valence-corrected chi connectivity index (χ1v) is 12.8. The molecule has 0 aromatic heterocycles. The third-order valence-electron chi connectivity index (χ3n) is 9.70. The van der Waals surface area contributed by atoms with Crippen molar-refractivity contribution in [3.05, 3.63) is 35.4 Å². The third kappa shape index (κ3) is 3.71. The van der Waals surface area contributed by atoms with Crippen molar-refractivity contribution >= 4 is 23.9 Å². The van der Waals surface area contributed by atoms with E-state index in [1.54, 1.807) is 0 Å². The zero-order valence-corrected chi connectivity index (χ0v) is 21.2. The average Bonchev–Trinajstić information content (AvgIpc) is 3.69. The second-order valence-corrected chi connectivity index (χ2v) is 10.9. The second-order valence-electron chi connectivity index (χ2n) is 10.9. The van der Waals surface area contributed by atoms with Crippen LogP contribution in [0.15, 0.2) is 24.3 Å². The Morgan fingerprint density at radius 2 is 0.833 bits per heavy atom. The Morgan fingerprint density at radius 1 is 0.528 bits per heavy atom. The molecule has 1 aromatic rings. The highest BCUT2D eigenvalue weighted by Gasteiger charge is 2.60. The molecule has 0 heterocycles. The van der Waals surface area contributed by atoms with Gasteiger partial charge in [0.15, 0.2) is 0 Å². The molecule has 10 atom stereocenters. The van der Waals surface area contributed by atoms with Crippen molar-refractivity contribution in [3.63, 3.8) is 0 Å². The first-order valence-electron chi connectivity index (χ1n) is 12.8. The van der Waals surface area contributed by atoms with Gasteiger partial charge >= 0.3 is 23.9 Å². The topological polar surface area (TPSA) is 105 Å². The number of hydrogen-bond donors (Lipinski definition) is 0. The Labute approximate surface area is 211 Å². The van der Waals surface area contributed by atoms with Crippen molar-refractivity contribution in [1.82, 2.24) is 0 Å². The molecule has 0 spiro atoms. The van der Waals surface area contributed by atoms with E-state index in [0.717, 1.165) is 36.8 Å². The fourth-order valence-electron chi connectivity index (χ4n) is 8.34. The molecule has 0 saturated heterocycles. The molecular weight excluding hydrogens is 464 g/mol. The first kappa shape index (κ1) is 24.8. The third-order valence-corrected chi connectivity index (χ3v) is 9.70. The lowest BCUT2D eigenvalue weighted by Crippen LogP contribution is -2.39. The van der Waals surface area contributed by atoms with Crippen LogP contribution in [-0.4, -0.2) is 52.3 Å². The van der Waals surface area contributed by atoms with E-state index in [1.807, 2.05) is 0 Å². The van der Waals surface area contributed by atoms with E-state index in [1.165, 1.54) is 28.4 Å². The molecule has 0 N–H and O–H groups in total. The molecule has 8 heteroatoms. The Balaban J connectivity index is 1.35. The lowest BCUT2D eigenvalue weighted by Gasteiger charge is -2.34. The van der Waals surface area contributed by atoms with E-state index in [4.69, 9.17) is 18.9 Å². The van der Waals surface area contributed by atoms with Crippen LogP contribution in [0.5, 0.6) is 0 Å².